The molecular formula is C16H18N4O2S. The van der Waals surface area contributed by atoms with Gasteiger partial charge >= 0.3 is 0 Å². The molecule has 0 saturated carbocycles. The molecule has 0 bridgehead atoms. The predicted molar refractivity (Wildman–Crippen MR) is 89.4 cm³/mol. The zero-order valence-electron chi connectivity index (χ0n) is 13.1. The molecule has 3 aromatic rings. The topological polar surface area (TPSA) is 61.4 Å². The zero-order valence-corrected chi connectivity index (χ0v) is 13.9. The maximum Gasteiger partial charge on any atom is 0.297 e. The molecular weight excluding hydrogens is 312 g/mol. The summed E-state index contributed by atoms with van der Waals surface area (Å²) in [6.45, 7) is 3.89. The fourth-order valence-electron chi connectivity index (χ4n) is 2.35. The Morgan fingerprint density at radius 3 is 2.91 bits per heavy atom. The van der Waals surface area contributed by atoms with Gasteiger partial charge in [0, 0.05) is 26.4 Å². The smallest absolute Gasteiger partial charge is 0.297 e. The second kappa shape index (κ2) is 6.89. The Morgan fingerprint density at radius 1 is 1.35 bits per heavy atom. The van der Waals surface area contributed by atoms with Crippen LogP contribution in [0.2, 0.25) is 0 Å². The number of ether oxygens (including phenoxy) is 1. The molecule has 120 valence electrons. The van der Waals surface area contributed by atoms with Gasteiger partial charge < -0.3 is 9.30 Å². The highest BCUT2D eigenvalue weighted by Crippen LogP contribution is 2.16. The first-order chi connectivity index (χ1) is 11.2. The lowest BCUT2D eigenvalue weighted by Crippen LogP contribution is -2.20. The minimum Gasteiger partial charge on any atom is -0.380 e. The normalized spacial score (nSPS) is 12.2. The lowest BCUT2D eigenvalue weighted by atomic mass is 10.3. The minimum absolute atomic E-state index is 0.290. The molecule has 0 radical (unpaired) electrons. The van der Waals surface area contributed by atoms with E-state index in [1.807, 2.05) is 35.8 Å². The van der Waals surface area contributed by atoms with Crippen LogP contribution in [0.1, 0.15) is 17.4 Å². The molecule has 23 heavy (non-hydrogen) atoms. The quantitative estimate of drug-likeness (QED) is 0.674. The van der Waals surface area contributed by atoms with Crippen molar-refractivity contribution in [3.05, 3.63) is 47.0 Å². The largest absolute Gasteiger partial charge is 0.380 e. The van der Waals surface area contributed by atoms with Gasteiger partial charge in [-0.05, 0) is 25.1 Å². The first kappa shape index (κ1) is 15.6. The molecule has 3 rings (SSSR count). The average Bonchev–Trinajstić information content (AvgIpc) is 3.12. The third-order valence-electron chi connectivity index (χ3n) is 3.49. The summed E-state index contributed by atoms with van der Waals surface area (Å²) < 4.78 is 10.1. The van der Waals surface area contributed by atoms with Crippen molar-refractivity contribution in [2.75, 3.05) is 13.2 Å². The fourth-order valence-corrected chi connectivity index (χ4v) is 3.40. The monoisotopic (exact) mass is 330 g/mol. The number of thiazole rings is 1. The molecule has 1 aromatic carbocycles. The van der Waals surface area contributed by atoms with Crippen molar-refractivity contribution in [3.63, 3.8) is 0 Å². The molecule has 0 spiro atoms. The Bertz CT molecular complexity index is 891. The number of hydrogen-bond donors (Lipinski definition) is 0. The summed E-state index contributed by atoms with van der Waals surface area (Å²) in [7, 11) is 1.73. The predicted octanol–water partition coefficient (Wildman–Crippen LogP) is 2.21. The van der Waals surface area contributed by atoms with E-state index >= 15 is 0 Å². The van der Waals surface area contributed by atoms with E-state index in [9.17, 15) is 4.79 Å². The molecule has 0 aliphatic carbocycles. The Labute approximate surface area is 137 Å². The molecule has 0 fully saturated rings. The van der Waals surface area contributed by atoms with Gasteiger partial charge in [-0.25, -0.2) is 0 Å². The molecule has 0 aliphatic heterocycles. The molecule has 7 heteroatoms. The zero-order chi connectivity index (χ0) is 16.2. The number of nitrogens with zero attached hydrogens (tertiary/aromatic N) is 4. The second-order valence-electron chi connectivity index (χ2n) is 4.96. The molecule has 2 aromatic heterocycles. The minimum atomic E-state index is -0.290. The molecule has 0 atom stereocenters. The van der Waals surface area contributed by atoms with E-state index in [-0.39, 0.29) is 5.91 Å². The number of para-hydroxylation sites is 1. The standard InChI is InChI=1S/C16H18N4O2S/c1-3-22-11-10-20-12-6-4-5-7-14(12)23-16(20)18-15(21)13-8-9-17-19(13)2/h4-9H,3,10-11H2,1-2H3. The molecule has 2 heterocycles. The number of aromatic nitrogens is 3. The fraction of sp³-hybridized carbons (Fsp3) is 0.312. The Kier molecular flexibility index (Phi) is 4.68. The summed E-state index contributed by atoms with van der Waals surface area (Å²) in [4.78, 5) is 17.4. The van der Waals surface area contributed by atoms with Crippen LogP contribution in [-0.2, 0) is 18.3 Å². The third-order valence-corrected chi connectivity index (χ3v) is 4.55. The molecule has 1 amide bonds. The van der Waals surface area contributed by atoms with E-state index in [1.165, 1.54) is 16.0 Å². The first-order valence-corrected chi connectivity index (χ1v) is 8.25. The van der Waals surface area contributed by atoms with Crippen LogP contribution < -0.4 is 4.80 Å². The van der Waals surface area contributed by atoms with Crippen molar-refractivity contribution < 1.29 is 9.53 Å². The van der Waals surface area contributed by atoms with Gasteiger partial charge in [0.15, 0.2) is 4.80 Å². The van der Waals surface area contributed by atoms with Gasteiger partial charge in [-0.1, -0.05) is 23.5 Å². The number of aryl methyl sites for hydroxylation is 1. The summed E-state index contributed by atoms with van der Waals surface area (Å²) in [5, 5.41) is 4.02. The van der Waals surface area contributed by atoms with Crippen LogP contribution >= 0.6 is 11.3 Å². The number of hydrogen-bond acceptors (Lipinski definition) is 4. The van der Waals surface area contributed by atoms with Gasteiger partial charge in [0.25, 0.3) is 5.91 Å². The number of carbonyl (C=O) groups is 1. The van der Waals surface area contributed by atoms with Crippen LogP contribution in [0.3, 0.4) is 0 Å². The van der Waals surface area contributed by atoms with Gasteiger partial charge in [-0.15, -0.1) is 0 Å². The maximum absolute atomic E-state index is 12.4. The van der Waals surface area contributed by atoms with E-state index in [1.54, 1.807) is 19.3 Å². The summed E-state index contributed by atoms with van der Waals surface area (Å²) in [5.41, 5.74) is 1.53. The Hall–Kier alpha value is -2.25. The van der Waals surface area contributed by atoms with Crippen molar-refractivity contribution in [2.45, 2.75) is 13.5 Å². The number of amides is 1. The second-order valence-corrected chi connectivity index (χ2v) is 5.97. The highest BCUT2D eigenvalue weighted by atomic mass is 32.1. The van der Waals surface area contributed by atoms with Crippen molar-refractivity contribution in [1.82, 2.24) is 14.3 Å². The molecule has 6 nitrogen and oxygen atoms in total. The highest BCUT2D eigenvalue weighted by molar-refractivity contribution is 7.16. The van der Waals surface area contributed by atoms with Crippen molar-refractivity contribution in [3.8, 4) is 0 Å². The average molecular weight is 330 g/mol. The maximum atomic E-state index is 12.4. The molecule has 0 unspecified atom stereocenters. The van der Waals surface area contributed by atoms with Crippen LogP contribution in [0.25, 0.3) is 10.2 Å². The van der Waals surface area contributed by atoms with Gasteiger partial charge in [-0.2, -0.15) is 10.1 Å². The number of fused-ring (bicyclic) bond motifs is 1. The lowest BCUT2D eigenvalue weighted by Gasteiger charge is -2.05. The SMILES string of the molecule is CCOCCn1c(=NC(=O)c2ccnn2C)sc2ccccc21. The lowest BCUT2D eigenvalue weighted by molar-refractivity contribution is 0.0987. The van der Waals surface area contributed by atoms with Crippen LogP contribution in [0.15, 0.2) is 41.5 Å². The van der Waals surface area contributed by atoms with Crippen LogP contribution in [0.5, 0.6) is 0 Å². The van der Waals surface area contributed by atoms with Crippen LogP contribution in [-0.4, -0.2) is 33.5 Å². The summed E-state index contributed by atoms with van der Waals surface area (Å²) in [6, 6.07) is 9.71. The highest BCUT2D eigenvalue weighted by Gasteiger charge is 2.11. The van der Waals surface area contributed by atoms with Gasteiger partial charge in [0.05, 0.1) is 16.8 Å². The van der Waals surface area contributed by atoms with E-state index in [0.717, 1.165) is 10.2 Å². The van der Waals surface area contributed by atoms with Gasteiger partial charge in [-0.3, -0.25) is 9.48 Å². The van der Waals surface area contributed by atoms with Gasteiger partial charge in [0.1, 0.15) is 5.69 Å². The summed E-state index contributed by atoms with van der Waals surface area (Å²) in [5.74, 6) is -0.290. The van der Waals surface area contributed by atoms with E-state index in [4.69, 9.17) is 4.74 Å². The molecule has 0 aliphatic rings. The van der Waals surface area contributed by atoms with E-state index in [0.29, 0.717) is 30.3 Å². The molecule has 0 saturated heterocycles. The number of benzene rings is 1. The first-order valence-electron chi connectivity index (χ1n) is 7.44. The van der Waals surface area contributed by atoms with E-state index in [2.05, 4.69) is 10.1 Å². The van der Waals surface area contributed by atoms with Crippen LogP contribution in [0.4, 0.5) is 0 Å². The number of rotatable bonds is 5. The van der Waals surface area contributed by atoms with Crippen molar-refractivity contribution in [2.24, 2.45) is 12.0 Å². The third kappa shape index (κ3) is 3.25. The Balaban J connectivity index is 2.05. The summed E-state index contributed by atoms with van der Waals surface area (Å²) in [6.07, 6.45) is 1.59. The van der Waals surface area contributed by atoms with E-state index < -0.39 is 0 Å². The van der Waals surface area contributed by atoms with Crippen molar-refractivity contribution in [1.29, 1.82) is 0 Å². The number of carbonyl (C=O) groups excluding carboxylic acids is 1. The van der Waals surface area contributed by atoms with Crippen molar-refractivity contribution >= 4 is 27.5 Å². The summed E-state index contributed by atoms with van der Waals surface area (Å²) >= 11 is 1.50. The van der Waals surface area contributed by atoms with Gasteiger partial charge in [0.2, 0.25) is 0 Å². The Morgan fingerprint density at radius 2 is 2.17 bits per heavy atom. The van der Waals surface area contributed by atoms with Crippen LogP contribution in [0, 0.1) is 0 Å². The molecule has 0 N–H and O–H groups in total.